The summed E-state index contributed by atoms with van der Waals surface area (Å²) in [5, 5.41) is 22.4. The third-order valence-corrected chi connectivity index (χ3v) is 5.20. The Labute approximate surface area is 148 Å². The first-order chi connectivity index (χ1) is 12.2. The number of fused-ring (bicyclic) bond motifs is 1. The molecule has 0 unspecified atom stereocenters. The summed E-state index contributed by atoms with van der Waals surface area (Å²) >= 11 is 1.36. The van der Waals surface area contributed by atoms with Gasteiger partial charge < -0.3 is 5.32 Å². The van der Waals surface area contributed by atoms with Gasteiger partial charge in [0, 0.05) is 11.3 Å². The van der Waals surface area contributed by atoms with Crippen LogP contribution in [0.4, 0.5) is 9.93 Å². The zero-order chi connectivity index (χ0) is 17.2. The molecule has 3 aromatic rings. The van der Waals surface area contributed by atoms with Crippen LogP contribution in [0.3, 0.4) is 0 Å². The maximum absolute atomic E-state index is 12.1. The first kappa shape index (κ1) is 15.8. The summed E-state index contributed by atoms with van der Waals surface area (Å²) in [5.41, 5.74) is 5.52. The van der Waals surface area contributed by atoms with E-state index in [4.69, 9.17) is 0 Å². The second-order valence-corrected chi connectivity index (χ2v) is 6.99. The molecular formula is C17H18N6OS. The first-order valence-electron chi connectivity index (χ1n) is 8.20. The molecule has 0 atom stereocenters. The highest BCUT2D eigenvalue weighted by molar-refractivity contribution is 7.18. The number of carbonyl (C=O) groups excluding carboxylic acids is 1. The molecule has 0 bridgehead atoms. The Morgan fingerprint density at radius 1 is 1.28 bits per heavy atom. The lowest BCUT2D eigenvalue weighted by molar-refractivity contribution is 0.251. The van der Waals surface area contributed by atoms with Gasteiger partial charge in [0.2, 0.25) is 5.13 Å². The number of urea groups is 1. The van der Waals surface area contributed by atoms with Gasteiger partial charge in [-0.15, -0.1) is 10.2 Å². The van der Waals surface area contributed by atoms with Gasteiger partial charge in [0.05, 0.1) is 12.2 Å². The lowest BCUT2D eigenvalue weighted by atomic mass is 10.1. The Hall–Kier alpha value is -2.74. The van der Waals surface area contributed by atoms with E-state index < -0.39 is 0 Å². The zero-order valence-electron chi connectivity index (χ0n) is 13.8. The molecule has 128 valence electrons. The average Bonchev–Trinajstić information content (AvgIpc) is 3.30. The first-order valence-corrected chi connectivity index (χ1v) is 9.01. The number of rotatable bonds is 4. The van der Waals surface area contributed by atoms with E-state index in [1.54, 1.807) is 0 Å². The average molecular weight is 354 g/mol. The predicted molar refractivity (Wildman–Crippen MR) is 96.6 cm³/mol. The molecule has 0 fully saturated rings. The summed E-state index contributed by atoms with van der Waals surface area (Å²) in [7, 11) is 0. The van der Waals surface area contributed by atoms with Crippen LogP contribution in [0.5, 0.6) is 0 Å². The van der Waals surface area contributed by atoms with Crippen molar-refractivity contribution >= 4 is 22.5 Å². The lowest BCUT2D eigenvalue weighted by Crippen LogP contribution is -2.28. The van der Waals surface area contributed by atoms with Crippen LogP contribution in [0.1, 0.15) is 28.9 Å². The van der Waals surface area contributed by atoms with Crippen molar-refractivity contribution in [2.75, 3.05) is 5.32 Å². The second-order valence-electron chi connectivity index (χ2n) is 6.02. The molecule has 2 heterocycles. The molecule has 0 spiro atoms. The molecule has 2 amide bonds. The van der Waals surface area contributed by atoms with Gasteiger partial charge in [-0.25, -0.2) is 4.79 Å². The Morgan fingerprint density at radius 2 is 2.16 bits per heavy atom. The number of aromatic amines is 1. The van der Waals surface area contributed by atoms with Gasteiger partial charge in [0.15, 0.2) is 0 Å². The quantitative estimate of drug-likeness (QED) is 0.671. The fraction of sp³-hybridized carbons (Fsp3) is 0.294. The maximum atomic E-state index is 12.1. The molecule has 25 heavy (non-hydrogen) atoms. The molecule has 0 saturated carbocycles. The molecule has 3 N–H and O–H groups in total. The Morgan fingerprint density at radius 3 is 3.04 bits per heavy atom. The van der Waals surface area contributed by atoms with Crippen LogP contribution in [0.15, 0.2) is 24.3 Å². The number of nitrogens with zero attached hydrogens (tertiary/aromatic N) is 3. The van der Waals surface area contributed by atoms with Crippen LogP contribution in [-0.4, -0.2) is 26.4 Å². The lowest BCUT2D eigenvalue weighted by Gasteiger charge is -2.04. The minimum absolute atomic E-state index is 0.303. The molecule has 0 saturated heterocycles. The van der Waals surface area contributed by atoms with Crippen molar-refractivity contribution in [3.63, 3.8) is 0 Å². The van der Waals surface area contributed by atoms with Gasteiger partial charge in [-0.2, -0.15) is 5.10 Å². The molecule has 2 aromatic heterocycles. The molecule has 1 aromatic carbocycles. The molecule has 7 nitrogen and oxygen atoms in total. The largest absolute Gasteiger partial charge is 0.332 e. The van der Waals surface area contributed by atoms with E-state index in [1.165, 1.54) is 22.6 Å². The number of H-pyrrole nitrogens is 1. The van der Waals surface area contributed by atoms with Gasteiger partial charge >= 0.3 is 6.03 Å². The standard InChI is InChI=1S/C17H18N6OS/c1-10-5-2-3-6-11(10)15-22-23-17(25-15)19-16(24)18-9-14-12-7-4-8-13(12)20-21-14/h2-3,5-6H,4,7-9H2,1H3,(H,20,21)(H2,18,19,23,24). The molecular weight excluding hydrogens is 336 g/mol. The minimum atomic E-state index is -0.303. The fourth-order valence-corrected chi connectivity index (χ4v) is 3.86. The van der Waals surface area contributed by atoms with E-state index in [2.05, 4.69) is 31.0 Å². The third kappa shape index (κ3) is 3.25. The van der Waals surface area contributed by atoms with Crippen molar-refractivity contribution in [3.05, 3.63) is 46.8 Å². The van der Waals surface area contributed by atoms with Gasteiger partial charge in [0.1, 0.15) is 5.01 Å². The summed E-state index contributed by atoms with van der Waals surface area (Å²) in [6, 6.07) is 7.67. The normalized spacial score (nSPS) is 12.8. The molecule has 1 aliphatic rings. The van der Waals surface area contributed by atoms with Crippen LogP contribution in [-0.2, 0) is 19.4 Å². The van der Waals surface area contributed by atoms with E-state index in [0.717, 1.165) is 41.1 Å². The number of carbonyl (C=O) groups is 1. The van der Waals surface area contributed by atoms with Crippen LogP contribution in [0, 0.1) is 6.92 Å². The van der Waals surface area contributed by atoms with Gasteiger partial charge in [-0.1, -0.05) is 35.6 Å². The zero-order valence-corrected chi connectivity index (χ0v) is 14.6. The minimum Gasteiger partial charge on any atom is -0.332 e. The fourth-order valence-electron chi connectivity index (χ4n) is 3.03. The van der Waals surface area contributed by atoms with Gasteiger partial charge in [0.25, 0.3) is 0 Å². The van der Waals surface area contributed by atoms with Crippen molar-refractivity contribution in [1.82, 2.24) is 25.7 Å². The van der Waals surface area contributed by atoms with Crippen molar-refractivity contribution < 1.29 is 4.79 Å². The van der Waals surface area contributed by atoms with Gasteiger partial charge in [-0.05, 0) is 37.3 Å². The van der Waals surface area contributed by atoms with Crippen LogP contribution in [0.2, 0.25) is 0 Å². The summed E-state index contributed by atoms with van der Waals surface area (Å²) in [6.07, 6.45) is 3.22. The molecule has 0 radical (unpaired) electrons. The van der Waals surface area contributed by atoms with Crippen LogP contribution >= 0.6 is 11.3 Å². The summed E-state index contributed by atoms with van der Waals surface area (Å²) in [5.74, 6) is 0. The summed E-state index contributed by atoms with van der Waals surface area (Å²) in [6.45, 7) is 2.43. The number of aryl methyl sites for hydroxylation is 2. The highest BCUT2D eigenvalue weighted by Crippen LogP contribution is 2.28. The highest BCUT2D eigenvalue weighted by Gasteiger charge is 2.18. The van der Waals surface area contributed by atoms with E-state index in [0.29, 0.717) is 11.7 Å². The third-order valence-electron chi connectivity index (χ3n) is 4.33. The molecule has 1 aliphatic carbocycles. The van der Waals surface area contributed by atoms with Crippen molar-refractivity contribution in [1.29, 1.82) is 0 Å². The Kier molecular flexibility index (Phi) is 4.19. The molecule has 4 rings (SSSR count). The predicted octanol–water partition coefficient (Wildman–Crippen LogP) is 3.05. The number of hydrogen-bond acceptors (Lipinski definition) is 5. The van der Waals surface area contributed by atoms with E-state index in [1.807, 2.05) is 31.2 Å². The van der Waals surface area contributed by atoms with Gasteiger partial charge in [-0.3, -0.25) is 10.4 Å². The SMILES string of the molecule is Cc1ccccc1-c1nnc(NC(=O)NCc2n[nH]c3c2CCC3)s1. The topological polar surface area (TPSA) is 95.6 Å². The number of nitrogens with one attached hydrogen (secondary N) is 3. The Balaban J connectivity index is 1.37. The van der Waals surface area contributed by atoms with E-state index in [-0.39, 0.29) is 6.03 Å². The second kappa shape index (κ2) is 6.64. The summed E-state index contributed by atoms with van der Waals surface area (Å²) in [4.78, 5) is 12.1. The van der Waals surface area contributed by atoms with E-state index in [9.17, 15) is 4.79 Å². The number of aromatic nitrogens is 4. The number of hydrogen-bond donors (Lipinski definition) is 3. The van der Waals surface area contributed by atoms with Crippen LogP contribution in [0.25, 0.3) is 10.6 Å². The Bertz CT molecular complexity index is 916. The number of amides is 2. The number of benzene rings is 1. The monoisotopic (exact) mass is 354 g/mol. The van der Waals surface area contributed by atoms with Crippen molar-refractivity contribution in [3.8, 4) is 10.6 Å². The summed E-state index contributed by atoms with van der Waals surface area (Å²) < 4.78 is 0. The smallest absolute Gasteiger partial charge is 0.321 e. The molecule has 8 heteroatoms. The van der Waals surface area contributed by atoms with Crippen molar-refractivity contribution in [2.45, 2.75) is 32.7 Å². The number of anilines is 1. The maximum Gasteiger partial charge on any atom is 0.321 e. The highest BCUT2D eigenvalue weighted by atomic mass is 32.1. The van der Waals surface area contributed by atoms with Crippen molar-refractivity contribution in [2.24, 2.45) is 0 Å². The van der Waals surface area contributed by atoms with Crippen LogP contribution < -0.4 is 10.6 Å². The molecule has 0 aliphatic heterocycles. The van der Waals surface area contributed by atoms with E-state index >= 15 is 0 Å².